The van der Waals surface area contributed by atoms with Gasteiger partial charge in [-0.3, -0.25) is 14.6 Å². The van der Waals surface area contributed by atoms with Crippen LogP contribution in [0, 0.1) is 0 Å². The third kappa shape index (κ3) is 4.17. The first-order valence-electron chi connectivity index (χ1n) is 9.96. The number of hydrogen-bond acceptors (Lipinski definition) is 7. The molecule has 0 saturated heterocycles. The molecule has 0 fully saturated rings. The van der Waals surface area contributed by atoms with Crippen molar-refractivity contribution in [1.29, 1.82) is 0 Å². The maximum atomic E-state index is 12.3. The van der Waals surface area contributed by atoms with E-state index in [0.717, 1.165) is 22.3 Å². The number of benzene rings is 1. The van der Waals surface area contributed by atoms with Crippen molar-refractivity contribution in [3.63, 3.8) is 0 Å². The van der Waals surface area contributed by atoms with Crippen LogP contribution in [-0.4, -0.2) is 46.3 Å². The Labute approximate surface area is 182 Å². The van der Waals surface area contributed by atoms with E-state index in [1.807, 2.05) is 41.3 Å². The highest BCUT2D eigenvalue weighted by Crippen LogP contribution is 2.19. The quantitative estimate of drug-likeness (QED) is 0.305. The van der Waals surface area contributed by atoms with Gasteiger partial charge in [-0.25, -0.2) is 4.98 Å². The van der Waals surface area contributed by atoms with E-state index in [1.165, 1.54) is 0 Å². The van der Waals surface area contributed by atoms with E-state index in [1.54, 1.807) is 18.5 Å². The largest absolute Gasteiger partial charge is 0.384 e. The highest BCUT2D eigenvalue weighted by atomic mass is 16.1. The molecule has 0 aliphatic heterocycles. The third-order valence-corrected chi connectivity index (χ3v) is 5.04. The van der Waals surface area contributed by atoms with Gasteiger partial charge in [0, 0.05) is 36.5 Å². The Morgan fingerprint density at radius 3 is 2.78 bits per heavy atom. The average Bonchev–Trinajstić information content (AvgIpc) is 3.55. The van der Waals surface area contributed by atoms with Crippen LogP contribution in [0.25, 0.3) is 11.2 Å². The zero-order chi connectivity index (χ0) is 21.9. The van der Waals surface area contributed by atoms with Gasteiger partial charge >= 0.3 is 0 Å². The van der Waals surface area contributed by atoms with Gasteiger partial charge in [-0.2, -0.15) is 20.5 Å². The summed E-state index contributed by atoms with van der Waals surface area (Å²) in [5.41, 5.74) is 11.6. The van der Waals surface area contributed by atoms with Gasteiger partial charge in [0.15, 0.2) is 0 Å². The van der Waals surface area contributed by atoms with Gasteiger partial charge in [0.1, 0.15) is 11.3 Å². The lowest BCUT2D eigenvalue weighted by Gasteiger charge is -2.06. The van der Waals surface area contributed by atoms with Crippen LogP contribution < -0.4 is 11.1 Å². The molecule has 4 aromatic heterocycles. The number of anilines is 1. The first-order valence-corrected chi connectivity index (χ1v) is 9.96. The lowest BCUT2D eigenvalue weighted by atomic mass is 10.1. The molecule has 4 heterocycles. The van der Waals surface area contributed by atoms with Crippen LogP contribution in [0.4, 0.5) is 5.82 Å². The minimum atomic E-state index is -0.130. The van der Waals surface area contributed by atoms with Crippen LogP contribution in [0.2, 0.25) is 0 Å². The second-order valence-corrected chi connectivity index (χ2v) is 7.41. The standard InChI is InChI=1S/C21H20N10O/c22-18-6-17(19-20(27-18)29-30-28-19)5-14-10-26-31(12-14)11-13-1-3-16(4-2-13)21(32)23-7-15-8-24-25-9-15/h1-4,6,8-10,12H,5,7,11H2,(H,23,32)(H,24,25)(H3,22,27,28,29,30). The summed E-state index contributed by atoms with van der Waals surface area (Å²) < 4.78 is 1.86. The van der Waals surface area contributed by atoms with Crippen molar-refractivity contribution in [2.75, 3.05) is 5.73 Å². The molecule has 11 heteroatoms. The number of H-pyrrole nitrogens is 2. The number of rotatable bonds is 7. The van der Waals surface area contributed by atoms with Gasteiger partial charge in [0.25, 0.3) is 5.91 Å². The first kappa shape index (κ1) is 19.4. The fourth-order valence-electron chi connectivity index (χ4n) is 3.47. The first-order chi connectivity index (χ1) is 15.6. The summed E-state index contributed by atoms with van der Waals surface area (Å²) in [5.74, 6) is 0.276. The van der Waals surface area contributed by atoms with Crippen LogP contribution >= 0.6 is 0 Å². The van der Waals surface area contributed by atoms with Crippen molar-refractivity contribution in [1.82, 2.24) is 45.7 Å². The van der Waals surface area contributed by atoms with E-state index in [2.05, 4.69) is 41.0 Å². The van der Waals surface area contributed by atoms with Gasteiger partial charge in [0.2, 0.25) is 5.65 Å². The van der Waals surface area contributed by atoms with Crippen molar-refractivity contribution in [2.45, 2.75) is 19.5 Å². The fourth-order valence-corrected chi connectivity index (χ4v) is 3.47. The topological polar surface area (TPSA) is 156 Å². The Morgan fingerprint density at radius 2 is 1.97 bits per heavy atom. The summed E-state index contributed by atoms with van der Waals surface area (Å²) in [5, 5.41) is 24.7. The summed E-state index contributed by atoms with van der Waals surface area (Å²) >= 11 is 0. The number of nitrogen functional groups attached to an aromatic ring is 1. The summed E-state index contributed by atoms with van der Waals surface area (Å²) in [6.45, 7) is 1.02. The molecule has 0 saturated carbocycles. The van der Waals surface area contributed by atoms with Crippen molar-refractivity contribution in [3.8, 4) is 0 Å². The predicted molar refractivity (Wildman–Crippen MR) is 116 cm³/mol. The monoisotopic (exact) mass is 428 g/mol. The molecule has 0 unspecified atom stereocenters. The number of fused-ring (bicyclic) bond motifs is 1. The molecule has 160 valence electrons. The summed E-state index contributed by atoms with van der Waals surface area (Å²) in [6, 6.07) is 9.28. The lowest BCUT2D eigenvalue weighted by Crippen LogP contribution is -2.22. The summed E-state index contributed by atoms with van der Waals surface area (Å²) in [4.78, 5) is 16.5. The molecule has 1 amide bonds. The molecule has 0 aliphatic carbocycles. The second kappa shape index (κ2) is 8.30. The number of nitrogens with one attached hydrogen (secondary N) is 3. The van der Waals surface area contributed by atoms with E-state index < -0.39 is 0 Å². The van der Waals surface area contributed by atoms with Crippen molar-refractivity contribution in [3.05, 3.63) is 82.9 Å². The molecule has 32 heavy (non-hydrogen) atoms. The van der Waals surface area contributed by atoms with Crippen LogP contribution in [0.15, 0.2) is 55.1 Å². The van der Waals surface area contributed by atoms with E-state index in [0.29, 0.717) is 42.1 Å². The Morgan fingerprint density at radius 1 is 1.09 bits per heavy atom. The Bertz CT molecular complexity index is 1350. The number of pyridine rings is 1. The van der Waals surface area contributed by atoms with Gasteiger partial charge < -0.3 is 11.1 Å². The number of aromatic amines is 2. The molecule has 0 aliphatic rings. The predicted octanol–water partition coefficient (Wildman–Crippen LogP) is 1.42. The third-order valence-electron chi connectivity index (χ3n) is 5.04. The number of hydrogen-bond donors (Lipinski definition) is 4. The Hall–Kier alpha value is -4.54. The van der Waals surface area contributed by atoms with Crippen LogP contribution in [0.1, 0.15) is 32.6 Å². The number of carbonyl (C=O) groups excluding carboxylic acids is 1. The van der Waals surface area contributed by atoms with E-state index in [-0.39, 0.29) is 5.91 Å². The zero-order valence-electron chi connectivity index (χ0n) is 17.0. The normalized spacial score (nSPS) is 11.1. The molecule has 0 spiro atoms. The molecule has 0 radical (unpaired) electrons. The van der Waals surface area contributed by atoms with Crippen LogP contribution in [-0.2, 0) is 19.5 Å². The number of aromatic nitrogens is 8. The summed E-state index contributed by atoms with van der Waals surface area (Å²) in [6.07, 6.45) is 7.85. The smallest absolute Gasteiger partial charge is 0.251 e. The zero-order valence-corrected chi connectivity index (χ0v) is 17.0. The molecule has 5 N–H and O–H groups in total. The van der Waals surface area contributed by atoms with E-state index in [9.17, 15) is 4.79 Å². The second-order valence-electron chi connectivity index (χ2n) is 7.41. The van der Waals surface area contributed by atoms with E-state index >= 15 is 0 Å². The fraction of sp³-hybridized carbons (Fsp3) is 0.143. The molecule has 0 bridgehead atoms. The molecule has 1 aromatic carbocycles. The van der Waals surface area contributed by atoms with Gasteiger partial charge in [0.05, 0.1) is 18.9 Å². The van der Waals surface area contributed by atoms with Gasteiger partial charge in [-0.1, -0.05) is 12.1 Å². The van der Waals surface area contributed by atoms with Gasteiger partial charge in [-0.15, -0.1) is 5.10 Å². The molecular formula is C21H20N10O. The van der Waals surface area contributed by atoms with Crippen molar-refractivity contribution >= 4 is 22.9 Å². The Kier molecular flexibility index (Phi) is 5.04. The van der Waals surface area contributed by atoms with Crippen LogP contribution in [0.5, 0.6) is 0 Å². The molecular weight excluding hydrogens is 408 g/mol. The summed E-state index contributed by atoms with van der Waals surface area (Å²) in [7, 11) is 0. The number of nitrogens with two attached hydrogens (primary N) is 1. The number of carbonyl (C=O) groups is 1. The maximum Gasteiger partial charge on any atom is 0.251 e. The van der Waals surface area contributed by atoms with E-state index in [4.69, 9.17) is 5.73 Å². The SMILES string of the molecule is Nc1cc(Cc2cnn(Cc3ccc(C(=O)NCc4cn[nH]c4)cc3)c2)c2n[nH]nc2n1. The van der Waals surface area contributed by atoms with Crippen molar-refractivity contribution in [2.24, 2.45) is 0 Å². The molecule has 5 aromatic rings. The average molecular weight is 428 g/mol. The maximum absolute atomic E-state index is 12.3. The lowest BCUT2D eigenvalue weighted by molar-refractivity contribution is 0.0951. The highest BCUT2D eigenvalue weighted by Gasteiger charge is 2.11. The minimum Gasteiger partial charge on any atom is -0.384 e. The van der Waals surface area contributed by atoms with Crippen molar-refractivity contribution < 1.29 is 4.79 Å². The number of nitrogens with zero attached hydrogens (tertiary/aromatic N) is 6. The molecule has 5 rings (SSSR count). The molecule has 0 atom stereocenters. The van der Waals surface area contributed by atoms with Crippen LogP contribution in [0.3, 0.4) is 0 Å². The number of amides is 1. The van der Waals surface area contributed by atoms with Gasteiger partial charge in [-0.05, 0) is 34.9 Å². The Balaban J connectivity index is 1.22. The highest BCUT2D eigenvalue weighted by molar-refractivity contribution is 5.94. The molecule has 11 nitrogen and oxygen atoms in total. The minimum absolute atomic E-state index is 0.130.